The van der Waals surface area contributed by atoms with Crippen LogP contribution in [0.5, 0.6) is 17.2 Å². The molecule has 0 aromatic heterocycles. The van der Waals surface area contributed by atoms with Gasteiger partial charge in [-0.1, -0.05) is 81.8 Å². The first-order chi connectivity index (χ1) is 26.3. The van der Waals surface area contributed by atoms with Crippen molar-refractivity contribution >= 4 is 5.91 Å². The summed E-state index contributed by atoms with van der Waals surface area (Å²) in [4.78, 5) is 12.7. The van der Waals surface area contributed by atoms with Crippen molar-refractivity contribution in [3.05, 3.63) is 124 Å². The average Bonchev–Trinajstić information content (AvgIpc) is 4.04. The molecule has 0 saturated heterocycles. The molecule has 6 rings (SSSR count). The smallest absolute Gasteiger partial charge is 0.261 e. The Morgan fingerprint density at radius 3 is 2.30 bits per heavy atom. The number of ether oxygens (including phenoxy) is 3. The van der Waals surface area contributed by atoms with E-state index in [9.17, 15) is 9.18 Å². The number of fused-ring (bicyclic) bond motifs is 1. The Bertz CT molecular complexity index is 1820. The highest BCUT2D eigenvalue weighted by molar-refractivity contribution is 5.81. The van der Waals surface area contributed by atoms with Gasteiger partial charge >= 0.3 is 0 Å². The van der Waals surface area contributed by atoms with Crippen LogP contribution in [0.4, 0.5) is 4.39 Å². The van der Waals surface area contributed by atoms with Crippen molar-refractivity contribution in [3.63, 3.8) is 0 Å². The van der Waals surface area contributed by atoms with E-state index < -0.39 is 6.10 Å². The van der Waals surface area contributed by atoms with Gasteiger partial charge in [-0.05, 0) is 116 Å². The van der Waals surface area contributed by atoms with Crippen LogP contribution in [-0.4, -0.2) is 37.7 Å². The lowest BCUT2D eigenvalue weighted by atomic mass is 9.96. The standard InChI is InChI=1S/C25H39N3O3.C21H19FO/c1-4-7-20-21(30-16-5-2)12-10-19-11-13-22(31-24(19)20)25(29)28-15-6-14-27-23(17(3)26)18-8-9-18;1-2-16-8-13-21(23-15-17-6-4-3-5-7-17)20(14-16)18-9-11-19(22)12-10-18/h10,12,17,22,27H,4-9,11,13-16,26H2,1-3H3,(H,28,29);3-14H,2,15H2,1H3. The summed E-state index contributed by atoms with van der Waals surface area (Å²) in [6, 6.07) is 27.0. The van der Waals surface area contributed by atoms with E-state index in [0.29, 0.717) is 26.2 Å². The average molecular weight is 736 g/mol. The molecule has 4 N–H and O–H groups in total. The molecule has 1 aliphatic heterocycles. The van der Waals surface area contributed by atoms with Crippen molar-refractivity contribution < 1.29 is 23.4 Å². The number of amides is 1. The van der Waals surface area contributed by atoms with E-state index in [0.717, 1.165) is 97.4 Å². The Hall–Kier alpha value is -4.82. The molecule has 4 aromatic rings. The Morgan fingerprint density at radius 1 is 0.870 bits per heavy atom. The van der Waals surface area contributed by atoms with E-state index in [1.54, 1.807) is 12.1 Å². The van der Waals surface area contributed by atoms with Crippen LogP contribution >= 0.6 is 0 Å². The summed E-state index contributed by atoms with van der Waals surface area (Å²) in [5, 5.41) is 6.50. The number of benzene rings is 4. The summed E-state index contributed by atoms with van der Waals surface area (Å²) in [5.41, 5.74) is 15.3. The molecule has 1 aliphatic carbocycles. The van der Waals surface area contributed by atoms with Crippen LogP contribution in [0.3, 0.4) is 0 Å². The summed E-state index contributed by atoms with van der Waals surface area (Å²) in [7, 11) is 0. The molecule has 2 unspecified atom stereocenters. The van der Waals surface area contributed by atoms with Crippen LogP contribution in [0, 0.1) is 5.82 Å². The molecule has 1 saturated carbocycles. The molecule has 0 radical (unpaired) electrons. The summed E-state index contributed by atoms with van der Waals surface area (Å²) in [6.07, 6.45) is 8.10. The second-order valence-corrected chi connectivity index (χ2v) is 14.1. The molecule has 2 aliphatic rings. The molecule has 54 heavy (non-hydrogen) atoms. The summed E-state index contributed by atoms with van der Waals surface area (Å²) < 4.78 is 31.4. The summed E-state index contributed by atoms with van der Waals surface area (Å²) in [6.45, 7) is 11.0. The summed E-state index contributed by atoms with van der Waals surface area (Å²) in [5.74, 6) is 2.32. The maximum absolute atomic E-state index is 13.2. The Morgan fingerprint density at radius 2 is 1.61 bits per heavy atom. The van der Waals surface area contributed by atoms with Crippen LogP contribution in [-0.2, 0) is 30.7 Å². The molecular formula is C46H58FN3O4. The zero-order chi connectivity index (χ0) is 38.3. The van der Waals surface area contributed by atoms with Gasteiger partial charge in [-0.3, -0.25) is 4.79 Å². The van der Waals surface area contributed by atoms with Gasteiger partial charge in [0, 0.05) is 36.0 Å². The van der Waals surface area contributed by atoms with Gasteiger partial charge in [0.2, 0.25) is 0 Å². The monoisotopic (exact) mass is 735 g/mol. The molecule has 4 aromatic carbocycles. The molecule has 0 bridgehead atoms. The number of allylic oxidation sites excluding steroid dienone is 1. The number of nitrogens with one attached hydrogen (secondary N) is 2. The highest BCUT2D eigenvalue weighted by Gasteiger charge is 2.29. The van der Waals surface area contributed by atoms with Gasteiger partial charge in [-0.25, -0.2) is 4.39 Å². The number of aryl methyl sites for hydroxylation is 2. The quantitative estimate of drug-likeness (QED) is 0.0937. The third-order valence-corrected chi connectivity index (χ3v) is 9.64. The first-order valence-electron chi connectivity index (χ1n) is 19.8. The maximum Gasteiger partial charge on any atom is 0.261 e. The predicted molar refractivity (Wildman–Crippen MR) is 216 cm³/mol. The van der Waals surface area contributed by atoms with Crippen molar-refractivity contribution in [3.8, 4) is 28.4 Å². The number of carbonyl (C=O) groups is 1. The van der Waals surface area contributed by atoms with E-state index in [2.05, 4.69) is 55.7 Å². The normalized spacial score (nSPS) is 14.8. The molecule has 1 fully saturated rings. The van der Waals surface area contributed by atoms with E-state index >= 15 is 0 Å². The second kappa shape index (κ2) is 20.6. The number of rotatable bonds is 17. The van der Waals surface area contributed by atoms with Gasteiger partial charge in [-0.2, -0.15) is 0 Å². The lowest BCUT2D eigenvalue weighted by Crippen LogP contribution is -2.41. The van der Waals surface area contributed by atoms with Gasteiger partial charge in [0.25, 0.3) is 5.91 Å². The topological polar surface area (TPSA) is 94.8 Å². The fourth-order valence-electron chi connectivity index (χ4n) is 6.60. The predicted octanol–water partition coefficient (Wildman–Crippen LogP) is 9.25. The second-order valence-electron chi connectivity index (χ2n) is 14.1. The molecule has 1 amide bonds. The Balaban J connectivity index is 0.000000217. The van der Waals surface area contributed by atoms with Crippen molar-refractivity contribution in [2.24, 2.45) is 5.73 Å². The highest BCUT2D eigenvalue weighted by atomic mass is 19.1. The zero-order valence-electron chi connectivity index (χ0n) is 32.5. The molecular weight excluding hydrogens is 678 g/mol. The van der Waals surface area contributed by atoms with Crippen LogP contribution in [0.15, 0.2) is 96.2 Å². The lowest BCUT2D eigenvalue weighted by Gasteiger charge is -2.28. The summed E-state index contributed by atoms with van der Waals surface area (Å²) >= 11 is 0. The molecule has 288 valence electrons. The van der Waals surface area contributed by atoms with Gasteiger partial charge in [0.05, 0.1) is 6.61 Å². The fraction of sp³-hybridized carbons (Fsp3) is 0.413. The van der Waals surface area contributed by atoms with Gasteiger partial charge < -0.3 is 30.6 Å². The minimum absolute atomic E-state index is 0.0269. The zero-order valence-corrected chi connectivity index (χ0v) is 32.5. The minimum Gasteiger partial charge on any atom is -0.493 e. The number of halogens is 1. The molecule has 8 heteroatoms. The van der Waals surface area contributed by atoms with E-state index in [1.807, 2.05) is 43.3 Å². The van der Waals surface area contributed by atoms with Crippen molar-refractivity contribution in [1.29, 1.82) is 0 Å². The number of hydrogen-bond acceptors (Lipinski definition) is 6. The molecule has 1 heterocycles. The highest BCUT2D eigenvalue weighted by Crippen LogP contribution is 2.38. The van der Waals surface area contributed by atoms with Crippen molar-refractivity contribution in [1.82, 2.24) is 10.6 Å². The van der Waals surface area contributed by atoms with Crippen molar-refractivity contribution in [2.45, 2.75) is 104 Å². The van der Waals surface area contributed by atoms with Crippen molar-refractivity contribution in [2.75, 3.05) is 19.7 Å². The third-order valence-electron chi connectivity index (χ3n) is 9.64. The first kappa shape index (κ1) is 40.4. The largest absolute Gasteiger partial charge is 0.493 e. The van der Waals surface area contributed by atoms with E-state index in [4.69, 9.17) is 19.9 Å². The molecule has 7 nitrogen and oxygen atoms in total. The molecule has 0 spiro atoms. The van der Waals surface area contributed by atoms with Gasteiger partial charge in [-0.15, -0.1) is 0 Å². The lowest BCUT2D eigenvalue weighted by molar-refractivity contribution is -0.128. The molecule has 2 atom stereocenters. The fourth-order valence-corrected chi connectivity index (χ4v) is 6.60. The van der Waals surface area contributed by atoms with Gasteiger partial charge in [0.1, 0.15) is 29.7 Å². The van der Waals surface area contributed by atoms with Crippen LogP contribution < -0.4 is 30.6 Å². The number of nitrogens with two attached hydrogens (primary N) is 1. The van der Waals surface area contributed by atoms with Crippen LogP contribution in [0.2, 0.25) is 0 Å². The Labute approximate surface area is 321 Å². The maximum atomic E-state index is 13.2. The van der Waals surface area contributed by atoms with Gasteiger partial charge in [0.15, 0.2) is 6.10 Å². The number of carbonyl (C=O) groups excluding carboxylic acids is 1. The SMILES string of the molecule is CCCOc1ccc2c(c1CCC)OC(C(=O)NCCCNC(=C1CC1)C(C)N)CC2.CCc1ccc(OCc2ccccc2)c(-c2ccc(F)cc2)c1. The van der Waals surface area contributed by atoms with E-state index in [1.165, 1.54) is 34.5 Å². The van der Waals surface area contributed by atoms with Crippen LogP contribution in [0.25, 0.3) is 11.1 Å². The minimum atomic E-state index is -0.439. The number of hydrogen-bond donors (Lipinski definition) is 3. The Kier molecular flexibility index (Phi) is 15.4. The van der Waals surface area contributed by atoms with E-state index in [-0.39, 0.29) is 17.8 Å². The van der Waals surface area contributed by atoms with Crippen LogP contribution in [0.1, 0.15) is 88.5 Å². The third kappa shape index (κ3) is 11.6. The first-order valence-corrected chi connectivity index (χ1v) is 19.8.